The monoisotopic (exact) mass is 281 g/mol. The zero-order valence-corrected chi connectivity index (χ0v) is 11.4. The predicted octanol–water partition coefficient (Wildman–Crippen LogP) is 1.59. The average molecular weight is 281 g/mol. The van der Waals surface area contributed by atoms with Crippen molar-refractivity contribution < 1.29 is 9.90 Å². The highest BCUT2D eigenvalue weighted by Crippen LogP contribution is 2.09. The molecule has 2 rings (SSSR count). The first-order chi connectivity index (χ1) is 10.2. The van der Waals surface area contributed by atoms with Crippen LogP contribution in [0.25, 0.3) is 0 Å². The minimum atomic E-state index is -0.218. The molecule has 0 saturated heterocycles. The third-order valence-corrected chi connectivity index (χ3v) is 3.00. The number of aliphatic hydroxyl groups is 1. The Morgan fingerprint density at radius 2 is 2.00 bits per heavy atom. The third-order valence-electron chi connectivity index (χ3n) is 3.00. The number of aromatic nitrogens is 1. The number of amides is 1. The first-order valence-corrected chi connectivity index (χ1v) is 6.55. The van der Waals surface area contributed by atoms with Crippen molar-refractivity contribution >= 4 is 5.91 Å². The minimum Gasteiger partial charge on any atom is -0.395 e. The number of carbonyl (C=O) groups is 1. The molecule has 0 aliphatic heterocycles. The van der Waals surface area contributed by atoms with Crippen molar-refractivity contribution in [3.63, 3.8) is 0 Å². The van der Waals surface area contributed by atoms with Crippen molar-refractivity contribution in [3.05, 3.63) is 65.5 Å². The van der Waals surface area contributed by atoms with E-state index in [0.717, 1.165) is 5.56 Å². The Morgan fingerprint density at radius 1 is 1.24 bits per heavy atom. The third kappa shape index (κ3) is 3.88. The van der Waals surface area contributed by atoms with E-state index < -0.39 is 0 Å². The van der Waals surface area contributed by atoms with Gasteiger partial charge in [-0.05, 0) is 17.7 Å². The van der Waals surface area contributed by atoms with Gasteiger partial charge in [0.25, 0.3) is 5.91 Å². The molecule has 0 fully saturated rings. The van der Waals surface area contributed by atoms with Gasteiger partial charge in [0, 0.05) is 19.3 Å². The Kier molecular flexibility index (Phi) is 5.02. The molecule has 1 aromatic carbocycles. The fourth-order valence-electron chi connectivity index (χ4n) is 1.95. The van der Waals surface area contributed by atoms with Crippen LogP contribution in [0.2, 0.25) is 0 Å². The summed E-state index contributed by atoms with van der Waals surface area (Å²) >= 11 is 0. The molecule has 1 amide bonds. The van der Waals surface area contributed by atoms with Gasteiger partial charge in [-0.1, -0.05) is 30.3 Å². The highest BCUT2D eigenvalue weighted by molar-refractivity contribution is 5.93. The summed E-state index contributed by atoms with van der Waals surface area (Å²) in [6.45, 7) is 0.552. The van der Waals surface area contributed by atoms with E-state index >= 15 is 0 Å². The Hall–Kier alpha value is -2.71. The number of hydrogen-bond donors (Lipinski definition) is 1. The van der Waals surface area contributed by atoms with Gasteiger partial charge in [0.05, 0.1) is 12.2 Å². The number of aliphatic hydroxyl groups excluding tert-OH is 1. The Balaban J connectivity index is 2.16. The molecule has 0 spiro atoms. The zero-order valence-electron chi connectivity index (χ0n) is 11.4. The number of nitrogens with zero attached hydrogens (tertiary/aromatic N) is 3. The van der Waals surface area contributed by atoms with Gasteiger partial charge in [-0.2, -0.15) is 5.26 Å². The van der Waals surface area contributed by atoms with E-state index in [-0.39, 0.29) is 24.8 Å². The molecular formula is C16H15N3O2. The summed E-state index contributed by atoms with van der Waals surface area (Å²) in [4.78, 5) is 17.9. The molecule has 0 bridgehead atoms. The summed E-state index contributed by atoms with van der Waals surface area (Å²) in [5.41, 5.74) is 1.66. The lowest BCUT2D eigenvalue weighted by molar-refractivity contribution is 0.0707. The van der Waals surface area contributed by atoms with Crippen LogP contribution in [0.1, 0.15) is 21.6 Å². The van der Waals surface area contributed by atoms with E-state index in [4.69, 9.17) is 10.4 Å². The van der Waals surface area contributed by atoms with Crippen molar-refractivity contribution in [1.82, 2.24) is 9.88 Å². The number of hydrogen-bond acceptors (Lipinski definition) is 4. The number of pyridine rings is 1. The second-order valence-electron chi connectivity index (χ2n) is 4.48. The topological polar surface area (TPSA) is 77.2 Å². The molecule has 0 unspecified atom stereocenters. The Bertz CT molecular complexity index is 633. The normalized spacial score (nSPS) is 9.90. The highest BCUT2D eigenvalue weighted by atomic mass is 16.3. The second kappa shape index (κ2) is 7.17. The molecule has 0 atom stereocenters. The van der Waals surface area contributed by atoms with Crippen LogP contribution < -0.4 is 0 Å². The molecule has 1 N–H and O–H groups in total. The second-order valence-corrected chi connectivity index (χ2v) is 4.48. The summed E-state index contributed by atoms with van der Waals surface area (Å²) in [6, 6.07) is 14.6. The van der Waals surface area contributed by atoms with Gasteiger partial charge in [-0.25, -0.2) is 4.98 Å². The SMILES string of the molecule is N#Cc1ccc(C(=O)N(CCO)Cc2ccccc2)cn1. The number of rotatable bonds is 5. The van der Waals surface area contributed by atoms with Crippen molar-refractivity contribution in [2.75, 3.05) is 13.2 Å². The summed E-state index contributed by atoms with van der Waals surface area (Å²) in [5, 5.41) is 17.9. The van der Waals surface area contributed by atoms with Gasteiger partial charge in [0.2, 0.25) is 0 Å². The summed E-state index contributed by atoms with van der Waals surface area (Å²) in [6.07, 6.45) is 1.39. The maximum absolute atomic E-state index is 12.4. The van der Waals surface area contributed by atoms with E-state index in [1.165, 1.54) is 12.3 Å². The quantitative estimate of drug-likeness (QED) is 0.902. The van der Waals surface area contributed by atoms with Crippen LogP contribution in [0, 0.1) is 11.3 Å². The van der Waals surface area contributed by atoms with Gasteiger partial charge in [0.15, 0.2) is 0 Å². The van der Waals surface area contributed by atoms with Crippen LogP contribution in [0.15, 0.2) is 48.7 Å². The van der Waals surface area contributed by atoms with Gasteiger partial charge < -0.3 is 10.0 Å². The van der Waals surface area contributed by atoms with Gasteiger partial charge >= 0.3 is 0 Å². The van der Waals surface area contributed by atoms with E-state index in [0.29, 0.717) is 12.1 Å². The number of nitriles is 1. The molecule has 2 aromatic rings. The average Bonchev–Trinajstić information content (AvgIpc) is 2.55. The fourth-order valence-corrected chi connectivity index (χ4v) is 1.95. The van der Waals surface area contributed by atoms with Crippen molar-refractivity contribution in [2.45, 2.75) is 6.54 Å². The molecule has 0 aliphatic carbocycles. The first-order valence-electron chi connectivity index (χ1n) is 6.55. The lowest BCUT2D eigenvalue weighted by Gasteiger charge is -2.21. The van der Waals surface area contributed by atoms with E-state index in [9.17, 15) is 4.79 Å². The van der Waals surface area contributed by atoms with E-state index in [1.807, 2.05) is 36.4 Å². The molecule has 0 saturated carbocycles. The Labute approximate surface area is 123 Å². The van der Waals surface area contributed by atoms with E-state index in [1.54, 1.807) is 11.0 Å². The fraction of sp³-hybridized carbons (Fsp3) is 0.188. The van der Waals surface area contributed by atoms with Crippen molar-refractivity contribution in [3.8, 4) is 6.07 Å². The first kappa shape index (κ1) is 14.7. The Morgan fingerprint density at radius 3 is 2.57 bits per heavy atom. The molecule has 5 heteroatoms. The molecule has 21 heavy (non-hydrogen) atoms. The highest BCUT2D eigenvalue weighted by Gasteiger charge is 2.16. The lowest BCUT2D eigenvalue weighted by Crippen LogP contribution is -2.33. The summed E-state index contributed by atoms with van der Waals surface area (Å²) in [5.74, 6) is -0.218. The van der Waals surface area contributed by atoms with E-state index in [2.05, 4.69) is 4.98 Å². The lowest BCUT2D eigenvalue weighted by atomic mass is 10.2. The summed E-state index contributed by atoms with van der Waals surface area (Å²) < 4.78 is 0. The van der Waals surface area contributed by atoms with Crippen molar-refractivity contribution in [1.29, 1.82) is 5.26 Å². The van der Waals surface area contributed by atoms with Crippen LogP contribution in [0.4, 0.5) is 0 Å². The van der Waals surface area contributed by atoms with Gasteiger partial charge in [0.1, 0.15) is 11.8 Å². The zero-order chi connectivity index (χ0) is 15.1. The smallest absolute Gasteiger partial charge is 0.255 e. The molecule has 0 radical (unpaired) electrons. The van der Waals surface area contributed by atoms with Crippen LogP contribution in [-0.4, -0.2) is 34.0 Å². The maximum atomic E-state index is 12.4. The van der Waals surface area contributed by atoms with Gasteiger partial charge in [-0.15, -0.1) is 0 Å². The minimum absolute atomic E-state index is 0.109. The van der Waals surface area contributed by atoms with Crippen LogP contribution in [0.3, 0.4) is 0 Å². The van der Waals surface area contributed by atoms with Crippen LogP contribution in [0.5, 0.6) is 0 Å². The largest absolute Gasteiger partial charge is 0.395 e. The van der Waals surface area contributed by atoms with Crippen LogP contribution >= 0.6 is 0 Å². The molecule has 1 aromatic heterocycles. The molecule has 0 aliphatic rings. The molecular weight excluding hydrogens is 266 g/mol. The van der Waals surface area contributed by atoms with Gasteiger partial charge in [-0.3, -0.25) is 4.79 Å². The molecule has 1 heterocycles. The standard InChI is InChI=1S/C16H15N3O2/c17-10-15-7-6-14(11-18-15)16(21)19(8-9-20)12-13-4-2-1-3-5-13/h1-7,11,20H,8-9,12H2. The number of benzene rings is 1. The molecule has 106 valence electrons. The predicted molar refractivity (Wildman–Crippen MR) is 77.2 cm³/mol. The number of carbonyl (C=O) groups excluding carboxylic acids is 1. The van der Waals surface area contributed by atoms with Crippen molar-refractivity contribution in [2.24, 2.45) is 0 Å². The summed E-state index contributed by atoms with van der Waals surface area (Å²) in [7, 11) is 0. The molecule has 5 nitrogen and oxygen atoms in total. The maximum Gasteiger partial charge on any atom is 0.255 e. The van der Waals surface area contributed by atoms with Crippen LogP contribution in [-0.2, 0) is 6.54 Å².